The van der Waals surface area contributed by atoms with E-state index in [1.54, 1.807) is 12.5 Å². The Morgan fingerprint density at radius 2 is 2.00 bits per heavy atom. The highest BCUT2D eigenvalue weighted by Gasteiger charge is 2.13. The van der Waals surface area contributed by atoms with Crippen LogP contribution in [0.3, 0.4) is 0 Å². The van der Waals surface area contributed by atoms with Gasteiger partial charge in [-0.2, -0.15) is 0 Å². The first-order valence-electron chi connectivity index (χ1n) is 3.03. The zero-order chi connectivity index (χ0) is 9.78. The third kappa shape index (κ3) is 7.83. The highest BCUT2D eigenvalue weighted by atomic mass is 32.2. The van der Waals surface area contributed by atoms with Gasteiger partial charge in [0.2, 0.25) is 0 Å². The maximum absolute atomic E-state index is 10.7. The molecule has 0 saturated carbocycles. The lowest BCUT2D eigenvalue weighted by Crippen LogP contribution is -2.15. The van der Waals surface area contributed by atoms with E-state index in [-0.39, 0.29) is 6.42 Å². The summed E-state index contributed by atoms with van der Waals surface area (Å²) in [6.07, 6.45) is 2.98. The fraction of sp³-hybridized carbons (Fsp3) is 0.800. The van der Waals surface area contributed by atoms with Crippen LogP contribution in [0.15, 0.2) is 0 Å². The summed E-state index contributed by atoms with van der Waals surface area (Å²) in [6, 6.07) is 0. The van der Waals surface area contributed by atoms with E-state index in [0.717, 1.165) is 0 Å². The van der Waals surface area contributed by atoms with Crippen molar-refractivity contribution in [3.8, 4) is 0 Å². The summed E-state index contributed by atoms with van der Waals surface area (Å²) < 4.78 is 34.8. The molecular weight excluding hydrogens is 204 g/mol. The summed E-state index contributed by atoms with van der Waals surface area (Å²) in [5.41, 5.74) is 0. The fourth-order valence-corrected chi connectivity index (χ4v) is 1.31. The van der Waals surface area contributed by atoms with Crippen LogP contribution in [-0.4, -0.2) is 37.2 Å². The molecule has 0 saturated heterocycles. The van der Waals surface area contributed by atoms with Gasteiger partial charge in [0, 0.05) is 5.75 Å². The van der Waals surface area contributed by atoms with Crippen LogP contribution in [0.25, 0.3) is 0 Å². The second kappa shape index (κ2) is 4.68. The van der Waals surface area contributed by atoms with Gasteiger partial charge in [0.25, 0.3) is 0 Å². The van der Waals surface area contributed by atoms with Crippen LogP contribution in [0.2, 0.25) is 0 Å². The first kappa shape index (κ1) is 11.7. The molecule has 0 amide bonds. The topological polar surface area (TPSA) is 83.5 Å². The molecule has 0 fully saturated rings. The summed E-state index contributed by atoms with van der Waals surface area (Å²) in [6.45, 7) is 0. The third-order valence-electron chi connectivity index (χ3n) is 0.816. The predicted octanol–water partition coefficient (Wildman–Crippen LogP) is -0.742. The van der Waals surface area contributed by atoms with Crippen LogP contribution in [0.4, 0.5) is 0 Å². The molecule has 0 unspecified atom stereocenters. The van der Waals surface area contributed by atoms with E-state index in [1.807, 2.05) is 0 Å². The van der Waals surface area contributed by atoms with E-state index >= 15 is 0 Å². The minimum absolute atomic E-state index is 0.364. The van der Waals surface area contributed by atoms with Crippen LogP contribution in [0.1, 0.15) is 6.42 Å². The summed E-state index contributed by atoms with van der Waals surface area (Å²) >= 11 is -0.520. The van der Waals surface area contributed by atoms with Crippen molar-refractivity contribution in [2.45, 2.75) is 6.42 Å². The monoisotopic (exact) mass is 214 g/mol. The highest BCUT2D eigenvalue weighted by Crippen LogP contribution is 1.95. The molecule has 0 aromatic rings. The average Bonchev–Trinajstić information content (AvgIpc) is 1.80. The van der Waals surface area contributed by atoms with E-state index < -0.39 is 33.0 Å². The Labute approximate surface area is 74.4 Å². The number of hydrogen-bond acceptors (Lipinski definition) is 5. The predicted molar refractivity (Wildman–Crippen MR) is 44.5 cm³/mol. The lowest BCUT2D eigenvalue weighted by molar-refractivity contribution is -0.132. The first-order chi connectivity index (χ1) is 5.31. The molecule has 12 heavy (non-hydrogen) atoms. The zero-order valence-corrected chi connectivity index (χ0v) is 8.40. The Kier molecular flexibility index (Phi) is 4.58. The molecule has 7 heteroatoms. The van der Waals surface area contributed by atoms with Crippen molar-refractivity contribution >= 4 is 27.3 Å². The molecule has 0 radical (unpaired) electrons. The van der Waals surface area contributed by atoms with Crippen LogP contribution in [0.5, 0.6) is 0 Å². The molecule has 0 spiro atoms. The van der Waals surface area contributed by atoms with Crippen molar-refractivity contribution in [2.24, 2.45) is 0 Å². The van der Waals surface area contributed by atoms with Crippen molar-refractivity contribution in [1.29, 1.82) is 0 Å². The molecule has 0 aliphatic heterocycles. The second-order valence-corrected chi connectivity index (χ2v) is 5.38. The van der Waals surface area contributed by atoms with Gasteiger partial charge in [0.1, 0.15) is 12.5 Å². The number of carbonyl (C=O) groups excluding carboxylic acids is 1. The van der Waals surface area contributed by atoms with Crippen LogP contribution < -0.4 is 0 Å². The Bertz CT molecular complexity index is 243. The van der Waals surface area contributed by atoms with E-state index in [9.17, 15) is 17.8 Å². The first-order valence-corrected chi connectivity index (χ1v) is 6.58. The maximum Gasteiger partial charge on any atom is 0.365 e. The molecule has 0 aromatic heterocycles. The molecule has 5 nitrogen and oxygen atoms in total. The molecule has 0 N–H and O–H groups in total. The molecule has 0 aliphatic carbocycles. The average molecular weight is 214 g/mol. The standard InChI is InChI=1S/C5H10O5S2/c1-11(2)10-5(6)3-4-12(7,8)9/h3-4H2,1-2H3. The quantitative estimate of drug-likeness (QED) is 0.454. The molecular formula is C5H10O5S2. The van der Waals surface area contributed by atoms with Crippen molar-refractivity contribution < 1.29 is 21.9 Å². The van der Waals surface area contributed by atoms with Crippen molar-refractivity contribution in [1.82, 2.24) is 0 Å². The summed E-state index contributed by atoms with van der Waals surface area (Å²) in [7, 11) is -4.30. The van der Waals surface area contributed by atoms with Crippen LogP contribution >= 0.6 is 0 Å². The van der Waals surface area contributed by atoms with Crippen LogP contribution in [0, 0.1) is 0 Å². The van der Waals surface area contributed by atoms with Crippen LogP contribution in [-0.2, 0) is 30.3 Å². The Morgan fingerprint density at radius 1 is 1.50 bits per heavy atom. The molecule has 0 aromatic carbocycles. The van der Waals surface area contributed by atoms with E-state index in [2.05, 4.69) is 4.18 Å². The highest BCUT2D eigenvalue weighted by molar-refractivity contribution is 7.91. The van der Waals surface area contributed by atoms with Gasteiger partial charge in [0.05, 0.1) is 16.5 Å². The van der Waals surface area contributed by atoms with Gasteiger partial charge in [-0.25, -0.2) is 17.4 Å². The molecule has 0 atom stereocenters. The van der Waals surface area contributed by atoms with Crippen molar-refractivity contribution in [3.63, 3.8) is 0 Å². The zero-order valence-electron chi connectivity index (χ0n) is 6.77. The minimum Gasteiger partial charge on any atom is -0.748 e. The van der Waals surface area contributed by atoms with Gasteiger partial charge in [-0.15, -0.1) is 0 Å². The summed E-state index contributed by atoms with van der Waals surface area (Å²) in [4.78, 5) is 10.7. The minimum atomic E-state index is -4.30. The van der Waals surface area contributed by atoms with Gasteiger partial charge in [-0.05, 0) is 0 Å². The van der Waals surface area contributed by atoms with E-state index in [1.165, 1.54) is 0 Å². The number of carbonyl (C=O) groups is 1. The normalized spacial score (nSPS) is 11.7. The third-order valence-corrected chi connectivity index (χ3v) is 2.04. The number of rotatable bonds is 4. The fourth-order valence-electron chi connectivity index (χ4n) is 0.436. The van der Waals surface area contributed by atoms with Gasteiger partial charge in [-0.3, -0.25) is 0 Å². The van der Waals surface area contributed by atoms with E-state index in [0.29, 0.717) is 0 Å². The van der Waals surface area contributed by atoms with Crippen molar-refractivity contribution in [2.75, 3.05) is 18.3 Å². The molecule has 0 aliphatic rings. The van der Waals surface area contributed by atoms with Gasteiger partial charge >= 0.3 is 5.97 Å². The molecule has 72 valence electrons. The summed E-state index contributed by atoms with van der Waals surface area (Å²) in [5, 5.41) is 0. The Hall–Kier alpha value is -0.270. The number of hydrogen-bond donors (Lipinski definition) is 0. The SMILES string of the molecule is C[S+](C)OC(=O)CCS(=O)(=O)[O-]. The largest absolute Gasteiger partial charge is 0.748 e. The maximum atomic E-state index is 10.7. The summed E-state index contributed by atoms with van der Waals surface area (Å²) in [5.74, 6) is -1.34. The van der Waals surface area contributed by atoms with Gasteiger partial charge < -0.3 is 4.55 Å². The smallest absolute Gasteiger partial charge is 0.365 e. The van der Waals surface area contributed by atoms with Gasteiger partial charge in [0.15, 0.2) is 11.2 Å². The lowest BCUT2D eigenvalue weighted by atomic mass is 10.5. The Balaban J connectivity index is 3.73. The molecule has 0 bridgehead atoms. The molecule has 0 rings (SSSR count). The van der Waals surface area contributed by atoms with Crippen molar-refractivity contribution in [3.05, 3.63) is 0 Å². The van der Waals surface area contributed by atoms with E-state index in [4.69, 9.17) is 0 Å². The Morgan fingerprint density at radius 3 is 2.33 bits per heavy atom. The second-order valence-electron chi connectivity index (χ2n) is 2.21. The van der Waals surface area contributed by atoms with Gasteiger partial charge in [-0.1, -0.05) is 0 Å². The molecule has 0 heterocycles. The lowest BCUT2D eigenvalue weighted by Gasteiger charge is -2.03.